The van der Waals surface area contributed by atoms with Crippen molar-refractivity contribution in [3.63, 3.8) is 0 Å². The standard InChI is InChI=1S/C20H18F3NO5S2/c1-13-16-5-3-4-6-17(16)30-19(13)24(31(26,27)12-18(25)28-2)11-14-7-9-15(10-8-14)29-20(21,22)23/h3-10H,11-12H2,1-2H3. The Morgan fingerprint density at radius 2 is 1.74 bits per heavy atom. The number of anilines is 1. The lowest BCUT2D eigenvalue weighted by molar-refractivity contribution is -0.274. The molecule has 0 fully saturated rings. The molecule has 0 saturated heterocycles. The predicted molar refractivity (Wildman–Crippen MR) is 112 cm³/mol. The molecular weight excluding hydrogens is 455 g/mol. The number of alkyl halides is 3. The first kappa shape index (κ1) is 22.9. The van der Waals surface area contributed by atoms with Gasteiger partial charge in [0.1, 0.15) is 10.8 Å². The molecule has 0 spiro atoms. The van der Waals surface area contributed by atoms with E-state index in [1.807, 2.05) is 24.3 Å². The van der Waals surface area contributed by atoms with E-state index in [0.717, 1.165) is 33.6 Å². The largest absolute Gasteiger partial charge is 0.573 e. The second-order valence-electron chi connectivity index (χ2n) is 6.56. The highest BCUT2D eigenvalue weighted by Crippen LogP contribution is 2.39. The van der Waals surface area contributed by atoms with E-state index in [1.54, 1.807) is 6.92 Å². The van der Waals surface area contributed by atoms with Gasteiger partial charge in [-0.05, 0) is 41.6 Å². The van der Waals surface area contributed by atoms with Crippen LogP contribution in [0.5, 0.6) is 5.75 Å². The Balaban J connectivity index is 2.00. The third kappa shape index (κ3) is 5.47. The molecule has 2 aromatic carbocycles. The third-order valence-corrected chi connectivity index (χ3v) is 7.39. The molecule has 0 radical (unpaired) electrons. The normalized spacial score (nSPS) is 12.0. The number of esters is 1. The minimum Gasteiger partial charge on any atom is -0.468 e. The van der Waals surface area contributed by atoms with E-state index >= 15 is 0 Å². The van der Waals surface area contributed by atoms with Crippen molar-refractivity contribution in [1.82, 2.24) is 0 Å². The lowest BCUT2D eigenvalue weighted by Gasteiger charge is -2.23. The summed E-state index contributed by atoms with van der Waals surface area (Å²) < 4.78 is 73.5. The molecule has 1 aromatic heterocycles. The van der Waals surface area contributed by atoms with Gasteiger partial charge in [0, 0.05) is 4.70 Å². The number of nitrogens with zero attached hydrogens (tertiary/aromatic N) is 1. The van der Waals surface area contributed by atoms with Crippen LogP contribution < -0.4 is 9.04 Å². The Kier molecular flexibility index (Phi) is 6.46. The summed E-state index contributed by atoms with van der Waals surface area (Å²) >= 11 is 1.25. The van der Waals surface area contributed by atoms with Gasteiger partial charge in [-0.15, -0.1) is 24.5 Å². The van der Waals surface area contributed by atoms with E-state index in [0.29, 0.717) is 16.1 Å². The Morgan fingerprint density at radius 1 is 1.10 bits per heavy atom. The number of hydrogen-bond acceptors (Lipinski definition) is 6. The molecule has 0 atom stereocenters. The highest BCUT2D eigenvalue weighted by atomic mass is 32.2. The number of hydrogen-bond donors (Lipinski definition) is 0. The number of ether oxygens (including phenoxy) is 2. The van der Waals surface area contributed by atoms with E-state index in [1.165, 1.54) is 23.5 Å². The maximum absolute atomic E-state index is 13.0. The zero-order valence-electron chi connectivity index (χ0n) is 16.5. The summed E-state index contributed by atoms with van der Waals surface area (Å²) in [6, 6.07) is 12.3. The monoisotopic (exact) mass is 473 g/mol. The number of carbonyl (C=O) groups is 1. The SMILES string of the molecule is COC(=O)CS(=O)(=O)N(Cc1ccc(OC(F)(F)F)cc1)c1sc2ccccc2c1C. The average Bonchev–Trinajstić information content (AvgIpc) is 3.02. The molecule has 0 N–H and O–H groups in total. The molecule has 0 amide bonds. The van der Waals surface area contributed by atoms with Gasteiger partial charge >= 0.3 is 12.3 Å². The number of halogens is 3. The van der Waals surface area contributed by atoms with Crippen LogP contribution in [0, 0.1) is 6.92 Å². The van der Waals surface area contributed by atoms with Gasteiger partial charge in [0.2, 0.25) is 10.0 Å². The fourth-order valence-corrected chi connectivity index (χ4v) is 5.82. The van der Waals surface area contributed by atoms with Gasteiger partial charge in [0.15, 0.2) is 5.75 Å². The number of rotatable bonds is 7. The van der Waals surface area contributed by atoms with Crippen LogP contribution in [-0.4, -0.2) is 33.6 Å². The summed E-state index contributed by atoms with van der Waals surface area (Å²) in [5.41, 5.74) is 1.13. The summed E-state index contributed by atoms with van der Waals surface area (Å²) in [7, 11) is -3.05. The molecule has 0 saturated carbocycles. The second-order valence-corrected chi connectivity index (χ2v) is 9.48. The van der Waals surface area contributed by atoms with Crippen LogP contribution in [0.1, 0.15) is 11.1 Å². The molecule has 0 unspecified atom stereocenters. The first-order valence-electron chi connectivity index (χ1n) is 8.90. The maximum Gasteiger partial charge on any atom is 0.573 e. The van der Waals surface area contributed by atoms with Crippen molar-refractivity contribution in [3.8, 4) is 5.75 Å². The molecule has 1 heterocycles. The van der Waals surface area contributed by atoms with E-state index in [9.17, 15) is 26.4 Å². The Morgan fingerprint density at radius 3 is 2.32 bits per heavy atom. The van der Waals surface area contributed by atoms with Gasteiger partial charge in [-0.1, -0.05) is 30.3 Å². The first-order valence-corrected chi connectivity index (χ1v) is 11.3. The van der Waals surface area contributed by atoms with E-state index in [2.05, 4.69) is 9.47 Å². The molecule has 166 valence electrons. The highest BCUT2D eigenvalue weighted by Gasteiger charge is 2.32. The summed E-state index contributed by atoms with van der Waals surface area (Å²) in [5, 5.41) is 1.29. The number of benzene rings is 2. The topological polar surface area (TPSA) is 72.9 Å². The minimum atomic E-state index is -4.83. The van der Waals surface area contributed by atoms with Gasteiger partial charge < -0.3 is 9.47 Å². The lowest BCUT2D eigenvalue weighted by Crippen LogP contribution is -2.35. The van der Waals surface area contributed by atoms with Crippen LogP contribution >= 0.6 is 11.3 Å². The average molecular weight is 473 g/mol. The Bertz CT molecular complexity index is 1190. The van der Waals surface area contributed by atoms with Crippen LogP contribution in [0.4, 0.5) is 18.2 Å². The molecular formula is C20H18F3NO5S2. The molecule has 0 aliphatic heterocycles. The number of sulfonamides is 1. The summed E-state index contributed by atoms with van der Waals surface area (Å²) in [4.78, 5) is 11.7. The molecule has 31 heavy (non-hydrogen) atoms. The van der Waals surface area contributed by atoms with Crippen molar-refractivity contribution in [3.05, 3.63) is 59.7 Å². The molecule has 0 aliphatic carbocycles. The first-order chi connectivity index (χ1) is 14.5. The van der Waals surface area contributed by atoms with E-state index < -0.39 is 33.9 Å². The molecule has 3 rings (SSSR count). The number of fused-ring (bicyclic) bond motifs is 1. The number of methoxy groups -OCH3 is 1. The number of aryl methyl sites for hydroxylation is 1. The zero-order valence-corrected chi connectivity index (χ0v) is 18.1. The van der Waals surface area contributed by atoms with Gasteiger partial charge in [-0.3, -0.25) is 9.10 Å². The fraction of sp³-hybridized carbons (Fsp3) is 0.250. The van der Waals surface area contributed by atoms with Crippen molar-refractivity contribution in [2.24, 2.45) is 0 Å². The highest BCUT2D eigenvalue weighted by molar-refractivity contribution is 7.93. The molecule has 0 bridgehead atoms. The van der Waals surface area contributed by atoms with Gasteiger partial charge in [0.25, 0.3) is 0 Å². The number of carbonyl (C=O) groups excluding carboxylic acids is 1. The van der Waals surface area contributed by atoms with Gasteiger partial charge in [0.05, 0.1) is 13.7 Å². The van der Waals surface area contributed by atoms with Crippen molar-refractivity contribution < 1.29 is 35.9 Å². The van der Waals surface area contributed by atoms with Crippen LogP contribution in [-0.2, 0) is 26.1 Å². The van der Waals surface area contributed by atoms with Crippen molar-refractivity contribution >= 4 is 42.4 Å². The quantitative estimate of drug-likeness (QED) is 0.469. The van der Waals surface area contributed by atoms with Crippen molar-refractivity contribution in [1.29, 1.82) is 0 Å². The molecule has 0 aliphatic rings. The van der Waals surface area contributed by atoms with Gasteiger partial charge in [-0.25, -0.2) is 8.42 Å². The number of thiophene rings is 1. The maximum atomic E-state index is 13.0. The minimum absolute atomic E-state index is 0.181. The molecule has 11 heteroatoms. The second kappa shape index (κ2) is 8.75. The fourth-order valence-electron chi connectivity index (χ4n) is 2.94. The third-order valence-electron chi connectivity index (χ3n) is 4.39. The molecule has 3 aromatic rings. The van der Waals surface area contributed by atoms with Crippen molar-refractivity contribution in [2.45, 2.75) is 19.8 Å². The van der Waals surface area contributed by atoms with Crippen LogP contribution in [0.3, 0.4) is 0 Å². The predicted octanol–water partition coefficient (Wildman–Crippen LogP) is 4.62. The Labute approximate surface area is 180 Å². The van der Waals surface area contributed by atoms with Crippen LogP contribution in [0.15, 0.2) is 48.5 Å². The van der Waals surface area contributed by atoms with Crippen LogP contribution in [0.25, 0.3) is 10.1 Å². The summed E-state index contributed by atoms with van der Waals surface area (Å²) in [5.74, 6) is -2.21. The Hall–Kier alpha value is -2.79. The van der Waals surface area contributed by atoms with E-state index in [4.69, 9.17) is 0 Å². The van der Waals surface area contributed by atoms with Crippen molar-refractivity contribution in [2.75, 3.05) is 17.2 Å². The smallest absolute Gasteiger partial charge is 0.468 e. The van der Waals surface area contributed by atoms with E-state index in [-0.39, 0.29) is 6.54 Å². The summed E-state index contributed by atoms with van der Waals surface area (Å²) in [6.07, 6.45) is -4.83. The zero-order chi connectivity index (χ0) is 22.8. The lowest BCUT2D eigenvalue weighted by atomic mass is 10.2. The van der Waals surface area contributed by atoms with Gasteiger partial charge in [-0.2, -0.15) is 0 Å². The van der Waals surface area contributed by atoms with Crippen LogP contribution in [0.2, 0.25) is 0 Å². The molecule has 6 nitrogen and oxygen atoms in total. The summed E-state index contributed by atoms with van der Waals surface area (Å²) in [6.45, 7) is 1.59.